The van der Waals surface area contributed by atoms with Crippen LogP contribution in [0, 0.1) is 10.8 Å². The van der Waals surface area contributed by atoms with Crippen molar-refractivity contribution in [1.29, 1.82) is 10.8 Å². The van der Waals surface area contributed by atoms with Gasteiger partial charge in [0.1, 0.15) is 5.82 Å². The van der Waals surface area contributed by atoms with E-state index in [2.05, 4.69) is 15.6 Å². The third-order valence-corrected chi connectivity index (χ3v) is 5.01. The summed E-state index contributed by atoms with van der Waals surface area (Å²) in [5, 5.41) is 26.5. The quantitative estimate of drug-likeness (QED) is 0.166. The topological polar surface area (TPSA) is 146 Å². The second kappa shape index (κ2) is 9.15. The van der Waals surface area contributed by atoms with Crippen molar-refractivity contribution in [2.75, 3.05) is 16.4 Å². The molecule has 2 aromatic carbocycles. The fourth-order valence-electron chi connectivity index (χ4n) is 3.33. The summed E-state index contributed by atoms with van der Waals surface area (Å²) < 4.78 is 1.69. The van der Waals surface area contributed by atoms with Crippen LogP contribution < -0.4 is 16.4 Å². The molecule has 2 heterocycles. The molecule has 0 atom stereocenters. The maximum Gasteiger partial charge on any atom is 0.258 e. The predicted molar refractivity (Wildman–Crippen MR) is 132 cm³/mol. The summed E-state index contributed by atoms with van der Waals surface area (Å²) in [5.41, 5.74) is 8.85. The molecule has 4 aromatic rings. The first-order valence-corrected chi connectivity index (χ1v) is 10.1. The van der Waals surface area contributed by atoms with Crippen molar-refractivity contribution in [3.05, 3.63) is 77.9 Å². The van der Waals surface area contributed by atoms with Crippen LogP contribution in [0.1, 0.15) is 12.5 Å². The van der Waals surface area contributed by atoms with E-state index in [1.807, 2.05) is 30.3 Å². The molecular weight excluding hydrogens is 416 g/mol. The molecule has 164 valence electrons. The molecule has 0 radical (unpaired) electrons. The average molecular weight is 438 g/mol. The van der Waals surface area contributed by atoms with E-state index in [1.54, 1.807) is 48.0 Å². The maximum absolute atomic E-state index is 12.3. The number of anilines is 4. The SMILES string of the molecule is C/C=C(\C=N)C(=O)Nc1cccc(-n2nc(Nc3ccc(N)c(C=N)c3)c3ccccc32)n1. The number of nitrogen functional groups attached to an aromatic ring is 1. The number of nitrogens with two attached hydrogens (primary N) is 1. The van der Waals surface area contributed by atoms with Gasteiger partial charge in [-0.1, -0.05) is 24.3 Å². The zero-order valence-corrected chi connectivity index (χ0v) is 17.8. The van der Waals surface area contributed by atoms with Gasteiger partial charge in [0.15, 0.2) is 11.6 Å². The number of carbonyl (C=O) groups excluding carboxylic acids is 1. The van der Waals surface area contributed by atoms with Crippen LogP contribution in [0.2, 0.25) is 0 Å². The van der Waals surface area contributed by atoms with Crippen molar-refractivity contribution in [2.45, 2.75) is 6.92 Å². The second-order valence-electron chi connectivity index (χ2n) is 7.11. The summed E-state index contributed by atoms with van der Waals surface area (Å²) in [7, 11) is 0. The number of allylic oxidation sites excluding steroid dienone is 1. The molecule has 0 aliphatic rings. The fraction of sp³-hybridized carbons (Fsp3) is 0.0417. The molecule has 0 unspecified atom stereocenters. The van der Waals surface area contributed by atoms with Gasteiger partial charge < -0.3 is 27.2 Å². The number of benzene rings is 2. The van der Waals surface area contributed by atoms with Crippen molar-refractivity contribution in [2.24, 2.45) is 0 Å². The molecule has 33 heavy (non-hydrogen) atoms. The van der Waals surface area contributed by atoms with Gasteiger partial charge in [0.05, 0.1) is 11.1 Å². The number of aromatic nitrogens is 3. The van der Waals surface area contributed by atoms with E-state index >= 15 is 0 Å². The van der Waals surface area contributed by atoms with Crippen LogP contribution in [-0.2, 0) is 4.79 Å². The molecule has 9 heteroatoms. The van der Waals surface area contributed by atoms with Crippen LogP contribution in [-0.4, -0.2) is 33.1 Å². The Kier molecular flexibility index (Phi) is 5.94. The lowest BCUT2D eigenvalue weighted by Crippen LogP contribution is -2.16. The van der Waals surface area contributed by atoms with E-state index in [0.29, 0.717) is 28.7 Å². The third-order valence-electron chi connectivity index (χ3n) is 5.01. The molecule has 9 nitrogen and oxygen atoms in total. The molecule has 0 fully saturated rings. The maximum atomic E-state index is 12.3. The zero-order valence-electron chi connectivity index (χ0n) is 17.8. The van der Waals surface area contributed by atoms with Crippen molar-refractivity contribution < 1.29 is 4.79 Å². The number of nitrogens with zero attached hydrogens (tertiary/aromatic N) is 3. The van der Waals surface area contributed by atoms with Crippen LogP contribution in [0.3, 0.4) is 0 Å². The standard InChI is InChI=1S/C24H22N8O/c1-2-15(13-25)24(33)30-21-8-5-9-22(29-21)32-20-7-4-3-6-18(20)23(31-32)28-17-10-11-19(27)16(12-17)14-26/h2-14,25-26H,27H2,1H3,(H,28,31)(H,29,30,33)/b15-2+,25-13?,26-14?. The highest BCUT2D eigenvalue weighted by Crippen LogP contribution is 2.29. The average Bonchev–Trinajstić information content (AvgIpc) is 3.19. The minimum atomic E-state index is -0.407. The normalized spacial score (nSPS) is 11.2. The molecule has 0 saturated carbocycles. The number of amides is 1. The van der Waals surface area contributed by atoms with Gasteiger partial charge in [-0.3, -0.25) is 4.79 Å². The fourth-order valence-corrected chi connectivity index (χ4v) is 3.33. The molecule has 4 rings (SSSR count). The van der Waals surface area contributed by atoms with Gasteiger partial charge in [0.25, 0.3) is 5.91 Å². The monoisotopic (exact) mass is 438 g/mol. The van der Waals surface area contributed by atoms with Gasteiger partial charge in [-0.25, -0.2) is 9.67 Å². The minimum Gasteiger partial charge on any atom is -0.398 e. The van der Waals surface area contributed by atoms with Gasteiger partial charge in [-0.15, -0.1) is 5.10 Å². The summed E-state index contributed by atoms with van der Waals surface area (Å²) in [4.78, 5) is 16.8. The summed E-state index contributed by atoms with van der Waals surface area (Å²) in [6, 6.07) is 18.3. The molecule has 0 aliphatic carbocycles. The number of hydrogen-bond donors (Lipinski definition) is 5. The van der Waals surface area contributed by atoms with Crippen molar-refractivity contribution >= 4 is 52.2 Å². The molecule has 1 amide bonds. The highest BCUT2D eigenvalue weighted by Gasteiger charge is 2.14. The number of hydrogen-bond acceptors (Lipinski definition) is 7. The summed E-state index contributed by atoms with van der Waals surface area (Å²) in [6.45, 7) is 1.69. The van der Waals surface area contributed by atoms with Gasteiger partial charge in [-0.2, -0.15) is 0 Å². The van der Waals surface area contributed by atoms with Crippen LogP contribution >= 0.6 is 0 Å². The lowest BCUT2D eigenvalue weighted by Gasteiger charge is -2.08. The van der Waals surface area contributed by atoms with Gasteiger partial charge in [-0.05, 0) is 49.4 Å². The van der Waals surface area contributed by atoms with Crippen molar-refractivity contribution in [3.63, 3.8) is 0 Å². The Morgan fingerprint density at radius 1 is 1.09 bits per heavy atom. The molecule has 0 saturated heterocycles. The highest BCUT2D eigenvalue weighted by molar-refractivity contribution is 6.16. The lowest BCUT2D eigenvalue weighted by molar-refractivity contribution is -0.112. The third kappa shape index (κ3) is 4.33. The van der Waals surface area contributed by atoms with E-state index in [9.17, 15) is 4.79 Å². The van der Waals surface area contributed by atoms with Crippen LogP contribution in [0.15, 0.2) is 72.3 Å². The Bertz CT molecular complexity index is 1400. The van der Waals surface area contributed by atoms with E-state index in [4.69, 9.17) is 21.7 Å². The summed E-state index contributed by atoms with van der Waals surface area (Å²) >= 11 is 0. The number of rotatable bonds is 7. The molecule has 0 spiro atoms. The molecule has 6 N–H and O–H groups in total. The Morgan fingerprint density at radius 3 is 2.67 bits per heavy atom. The zero-order chi connectivity index (χ0) is 23.4. The number of fused-ring (bicyclic) bond motifs is 1. The Morgan fingerprint density at radius 2 is 1.91 bits per heavy atom. The van der Waals surface area contributed by atoms with E-state index in [0.717, 1.165) is 22.8 Å². The predicted octanol–water partition coefficient (Wildman–Crippen LogP) is 4.28. The molecule has 0 bridgehead atoms. The largest absolute Gasteiger partial charge is 0.398 e. The summed E-state index contributed by atoms with van der Waals surface area (Å²) in [5.74, 6) is 1.08. The van der Waals surface area contributed by atoms with Gasteiger partial charge in [0.2, 0.25) is 0 Å². The van der Waals surface area contributed by atoms with Crippen molar-refractivity contribution in [1.82, 2.24) is 14.8 Å². The van der Waals surface area contributed by atoms with Gasteiger partial charge in [0, 0.05) is 34.8 Å². The van der Waals surface area contributed by atoms with Crippen molar-refractivity contribution in [3.8, 4) is 5.82 Å². The van der Waals surface area contributed by atoms with Crippen LogP contribution in [0.25, 0.3) is 16.7 Å². The van der Waals surface area contributed by atoms with Crippen LogP contribution in [0.5, 0.6) is 0 Å². The van der Waals surface area contributed by atoms with E-state index in [1.165, 1.54) is 6.21 Å². The minimum absolute atomic E-state index is 0.242. The first-order chi connectivity index (χ1) is 16.0. The number of para-hydroxylation sites is 1. The number of carbonyl (C=O) groups is 1. The Hall–Kier alpha value is -4.79. The highest BCUT2D eigenvalue weighted by atomic mass is 16.1. The number of pyridine rings is 1. The molecule has 2 aromatic heterocycles. The van der Waals surface area contributed by atoms with E-state index < -0.39 is 5.91 Å². The number of nitrogens with one attached hydrogen (secondary N) is 4. The van der Waals surface area contributed by atoms with Crippen LogP contribution in [0.4, 0.5) is 23.0 Å². The first-order valence-electron chi connectivity index (χ1n) is 10.1. The van der Waals surface area contributed by atoms with E-state index in [-0.39, 0.29) is 5.57 Å². The molecular formula is C24H22N8O. The second-order valence-corrected chi connectivity index (χ2v) is 7.11. The smallest absolute Gasteiger partial charge is 0.258 e. The Balaban J connectivity index is 1.72. The summed E-state index contributed by atoms with van der Waals surface area (Å²) in [6.07, 6.45) is 3.77. The first kappa shape index (κ1) is 21.4. The Labute approximate surface area is 190 Å². The molecule has 0 aliphatic heterocycles. The van der Waals surface area contributed by atoms with Gasteiger partial charge >= 0.3 is 0 Å². The lowest BCUT2D eigenvalue weighted by atomic mass is 10.1.